The van der Waals surface area contributed by atoms with E-state index < -0.39 is 5.41 Å². The summed E-state index contributed by atoms with van der Waals surface area (Å²) in [5, 5.41) is 1.27. The van der Waals surface area contributed by atoms with Crippen molar-refractivity contribution in [2.45, 2.75) is 5.41 Å². The summed E-state index contributed by atoms with van der Waals surface area (Å²) in [5.74, 6) is 0. The van der Waals surface area contributed by atoms with E-state index in [0.29, 0.717) is 10.0 Å². The topological polar surface area (TPSA) is 0 Å². The Balaban J connectivity index is 1.81. The summed E-state index contributed by atoms with van der Waals surface area (Å²) in [4.78, 5) is 0. The van der Waals surface area contributed by atoms with Crippen LogP contribution in [-0.4, -0.2) is 0 Å². The van der Waals surface area contributed by atoms with Gasteiger partial charge in [-0.25, -0.2) is 0 Å². The minimum atomic E-state index is -0.458. The molecule has 0 aromatic heterocycles. The first-order valence-electron chi connectivity index (χ1n) is 11.0. The van der Waals surface area contributed by atoms with Crippen LogP contribution in [0.15, 0.2) is 121 Å². The van der Waals surface area contributed by atoms with Crippen molar-refractivity contribution in [2.75, 3.05) is 0 Å². The predicted octanol–water partition coefficient (Wildman–Crippen LogP) is 9.02. The van der Waals surface area contributed by atoms with Crippen molar-refractivity contribution < 1.29 is 0 Å². The van der Waals surface area contributed by atoms with Gasteiger partial charge in [0, 0.05) is 10.0 Å². The fraction of sp³-hybridized carbons (Fsp3) is 0.0323. The van der Waals surface area contributed by atoms with Crippen LogP contribution in [0.25, 0.3) is 22.3 Å². The smallest absolute Gasteiger partial charge is 0.0719 e. The van der Waals surface area contributed by atoms with Crippen LogP contribution >= 0.6 is 23.2 Å². The standard InChI is InChI=1S/C31H20Cl2/c32-24-18-21(19-25(33)20-24)26-15-9-16-28-27-14-7-8-17-29(27)31(30(26)28,22-10-3-1-4-11-22)23-12-5-2-6-13-23/h1-20H. The highest BCUT2D eigenvalue weighted by molar-refractivity contribution is 6.35. The summed E-state index contributed by atoms with van der Waals surface area (Å²) in [6, 6.07) is 42.7. The molecule has 0 amide bonds. The molecule has 5 aromatic carbocycles. The Labute approximate surface area is 204 Å². The number of benzene rings is 5. The summed E-state index contributed by atoms with van der Waals surface area (Å²) in [6.45, 7) is 0. The van der Waals surface area contributed by atoms with Crippen molar-refractivity contribution in [1.29, 1.82) is 0 Å². The van der Waals surface area contributed by atoms with E-state index in [-0.39, 0.29) is 0 Å². The van der Waals surface area contributed by atoms with Crippen LogP contribution in [0.5, 0.6) is 0 Å². The van der Waals surface area contributed by atoms with Gasteiger partial charge in [0.15, 0.2) is 0 Å². The predicted molar refractivity (Wildman–Crippen MR) is 139 cm³/mol. The zero-order chi connectivity index (χ0) is 22.4. The van der Waals surface area contributed by atoms with Gasteiger partial charge >= 0.3 is 0 Å². The van der Waals surface area contributed by atoms with Crippen LogP contribution in [0.2, 0.25) is 10.0 Å². The van der Waals surface area contributed by atoms with Gasteiger partial charge in [-0.2, -0.15) is 0 Å². The Kier molecular flexibility index (Phi) is 4.87. The minimum absolute atomic E-state index is 0.458. The number of hydrogen-bond donors (Lipinski definition) is 0. The molecule has 0 atom stereocenters. The van der Waals surface area contributed by atoms with Crippen LogP contribution < -0.4 is 0 Å². The van der Waals surface area contributed by atoms with Gasteiger partial charge in [0.05, 0.1) is 5.41 Å². The average Bonchev–Trinajstić information content (AvgIpc) is 3.16. The molecule has 0 aliphatic heterocycles. The van der Waals surface area contributed by atoms with Crippen molar-refractivity contribution in [1.82, 2.24) is 0 Å². The Hall–Kier alpha value is -3.32. The Morgan fingerprint density at radius 2 is 0.970 bits per heavy atom. The fourth-order valence-electron chi connectivity index (χ4n) is 5.45. The molecule has 0 N–H and O–H groups in total. The highest BCUT2D eigenvalue weighted by Crippen LogP contribution is 2.58. The van der Waals surface area contributed by atoms with Gasteiger partial charge < -0.3 is 0 Å². The molecule has 0 radical (unpaired) electrons. The van der Waals surface area contributed by atoms with Gasteiger partial charge in [-0.05, 0) is 62.7 Å². The van der Waals surface area contributed by atoms with E-state index in [0.717, 1.165) is 11.1 Å². The molecule has 1 aliphatic rings. The van der Waals surface area contributed by atoms with E-state index in [2.05, 4.69) is 103 Å². The highest BCUT2D eigenvalue weighted by Gasteiger charge is 2.47. The third kappa shape index (κ3) is 3.06. The van der Waals surface area contributed by atoms with Crippen molar-refractivity contribution in [3.05, 3.63) is 154 Å². The van der Waals surface area contributed by atoms with Gasteiger partial charge in [-0.1, -0.05) is 126 Å². The molecule has 0 saturated carbocycles. The zero-order valence-electron chi connectivity index (χ0n) is 17.8. The van der Waals surface area contributed by atoms with E-state index in [1.54, 1.807) is 6.07 Å². The SMILES string of the molecule is Clc1cc(Cl)cc(-c2cccc3c2C(c2ccccc2)(c2ccccc2)c2ccccc2-3)c1. The minimum Gasteiger partial charge on any atom is -0.0843 e. The van der Waals surface area contributed by atoms with Crippen LogP contribution in [0, 0.1) is 0 Å². The number of fused-ring (bicyclic) bond motifs is 3. The van der Waals surface area contributed by atoms with E-state index in [1.807, 2.05) is 12.1 Å². The van der Waals surface area contributed by atoms with Gasteiger partial charge in [0.25, 0.3) is 0 Å². The van der Waals surface area contributed by atoms with Gasteiger partial charge in [-0.3, -0.25) is 0 Å². The van der Waals surface area contributed by atoms with Crippen molar-refractivity contribution in [3.63, 3.8) is 0 Å². The van der Waals surface area contributed by atoms with Gasteiger partial charge in [0.2, 0.25) is 0 Å². The lowest BCUT2D eigenvalue weighted by Crippen LogP contribution is -2.29. The summed E-state index contributed by atoms with van der Waals surface area (Å²) in [7, 11) is 0. The zero-order valence-corrected chi connectivity index (χ0v) is 19.3. The normalized spacial score (nSPS) is 13.4. The van der Waals surface area contributed by atoms with Crippen LogP contribution in [0.1, 0.15) is 22.3 Å². The first-order valence-corrected chi connectivity index (χ1v) is 11.8. The van der Waals surface area contributed by atoms with Gasteiger partial charge in [0.1, 0.15) is 0 Å². The Morgan fingerprint density at radius 1 is 0.455 bits per heavy atom. The maximum absolute atomic E-state index is 6.46. The van der Waals surface area contributed by atoms with Gasteiger partial charge in [-0.15, -0.1) is 0 Å². The van der Waals surface area contributed by atoms with Crippen LogP contribution in [0.3, 0.4) is 0 Å². The molecule has 0 bridgehead atoms. The molecule has 0 unspecified atom stereocenters. The molecule has 6 rings (SSSR count). The number of halogens is 2. The second-order valence-electron chi connectivity index (χ2n) is 8.41. The third-order valence-corrected chi connectivity index (χ3v) is 7.08. The molecule has 0 nitrogen and oxygen atoms in total. The molecule has 158 valence electrons. The molecular weight excluding hydrogens is 443 g/mol. The van der Waals surface area contributed by atoms with Crippen LogP contribution in [0.4, 0.5) is 0 Å². The second-order valence-corrected chi connectivity index (χ2v) is 9.29. The van der Waals surface area contributed by atoms with Crippen LogP contribution in [-0.2, 0) is 5.41 Å². The Bertz CT molecular complexity index is 1410. The highest BCUT2D eigenvalue weighted by atomic mass is 35.5. The first-order chi connectivity index (χ1) is 16.2. The maximum atomic E-state index is 6.46. The molecular formula is C31H20Cl2. The molecule has 0 saturated heterocycles. The van der Waals surface area contributed by atoms with E-state index in [4.69, 9.17) is 23.2 Å². The fourth-order valence-corrected chi connectivity index (χ4v) is 5.98. The molecule has 33 heavy (non-hydrogen) atoms. The summed E-state index contributed by atoms with van der Waals surface area (Å²) in [5.41, 5.74) is 9.24. The summed E-state index contributed by atoms with van der Waals surface area (Å²) in [6.07, 6.45) is 0. The first kappa shape index (κ1) is 20.3. The Morgan fingerprint density at radius 3 is 1.61 bits per heavy atom. The maximum Gasteiger partial charge on any atom is 0.0719 e. The van der Waals surface area contributed by atoms with Crippen molar-refractivity contribution in [3.8, 4) is 22.3 Å². The lowest BCUT2D eigenvalue weighted by Gasteiger charge is -2.35. The third-order valence-electron chi connectivity index (χ3n) is 6.65. The van der Waals surface area contributed by atoms with Crippen molar-refractivity contribution >= 4 is 23.2 Å². The van der Waals surface area contributed by atoms with E-state index >= 15 is 0 Å². The molecule has 5 aromatic rings. The molecule has 0 spiro atoms. The molecule has 2 heteroatoms. The monoisotopic (exact) mass is 462 g/mol. The quantitative estimate of drug-likeness (QED) is 0.246. The lowest BCUT2D eigenvalue weighted by molar-refractivity contribution is 0.770. The summed E-state index contributed by atoms with van der Waals surface area (Å²) < 4.78 is 0. The molecule has 0 fully saturated rings. The molecule has 1 aliphatic carbocycles. The largest absolute Gasteiger partial charge is 0.0843 e. The lowest BCUT2D eigenvalue weighted by atomic mass is 9.66. The molecule has 0 heterocycles. The number of hydrogen-bond acceptors (Lipinski definition) is 0. The van der Waals surface area contributed by atoms with Crippen molar-refractivity contribution in [2.24, 2.45) is 0 Å². The number of rotatable bonds is 3. The second kappa shape index (κ2) is 7.92. The van der Waals surface area contributed by atoms with E-state index in [1.165, 1.54) is 33.4 Å². The average molecular weight is 463 g/mol. The summed E-state index contributed by atoms with van der Waals surface area (Å²) >= 11 is 12.9. The van der Waals surface area contributed by atoms with E-state index in [9.17, 15) is 0 Å².